The van der Waals surface area contributed by atoms with Crippen LogP contribution in [-0.4, -0.2) is 11.5 Å². The van der Waals surface area contributed by atoms with Gasteiger partial charge in [0.15, 0.2) is 0 Å². The topological polar surface area (TPSA) is 0 Å². The van der Waals surface area contributed by atoms with Crippen LogP contribution in [0, 0.1) is 0 Å². The van der Waals surface area contributed by atoms with Crippen LogP contribution in [0.3, 0.4) is 0 Å². The smallest absolute Gasteiger partial charge is 0.0952 e. The summed E-state index contributed by atoms with van der Waals surface area (Å²) < 4.78 is 0.466. The third kappa shape index (κ3) is 1.27. The molecular weight excluding hydrogens is 187 g/mol. The minimum absolute atomic E-state index is 0.466. The summed E-state index contributed by atoms with van der Waals surface area (Å²) in [5, 5.41) is 0. The summed E-state index contributed by atoms with van der Waals surface area (Å²) in [5.74, 6) is 0.946. The highest BCUT2D eigenvalue weighted by Crippen LogP contribution is 2.45. The first-order chi connectivity index (χ1) is 4.79. The maximum atomic E-state index is 3.83. The highest BCUT2D eigenvalue weighted by molar-refractivity contribution is 9.10. The summed E-state index contributed by atoms with van der Waals surface area (Å²) in [7, 11) is 2.56. The van der Waals surface area contributed by atoms with Crippen LogP contribution in [0.4, 0.5) is 0 Å². The zero-order valence-electron chi connectivity index (χ0n) is 6.28. The first-order valence-corrected chi connectivity index (χ1v) is 5.13. The summed E-state index contributed by atoms with van der Waals surface area (Å²) in [6.45, 7) is 0. The molecule has 55 valence electrons. The lowest BCUT2D eigenvalue weighted by atomic mass is 9.44. The van der Waals surface area contributed by atoms with Crippen molar-refractivity contribution in [3.63, 3.8) is 0 Å². The predicted octanol–water partition coefficient (Wildman–Crippen LogP) is 2.94. The third-order valence-electron chi connectivity index (χ3n) is 2.87. The van der Waals surface area contributed by atoms with Crippen LogP contribution in [-0.2, 0) is 0 Å². The molecule has 0 aliphatic carbocycles. The lowest BCUT2D eigenvalue weighted by molar-refractivity contribution is 0.443. The van der Waals surface area contributed by atoms with Crippen LogP contribution in [0.25, 0.3) is 0 Å². The van der Waals surface area contributed by atoms with E-state index < -0.39 is 0 Å². The van der Waals surface area contributed by atoms with E-state index in [0.29, 0.717) is 4.22 Å². The zero-order valence-corrected chi connectivity index (χ0v) is 7.86. The third-order valence-corrected chi connectivity index (χ3v) is 3.93. The van der Waals surface area contributed by atoms with E-state index in [1.54, 1.807) is 0 Å². The van der Waals surface area contributed by atoms with Crippen molar-refractivity contribution in [3.8, 4) is 0 Å². The van der Waals surface area contributed by atoms with Gasteiger partial charge in [-0.15, -0.1) is 0 Å². The molecule has 10 heavy (non-hydrogen) atoms. The second-order valence-electron chi connectivity index (χ2n) is 3.75. The average Bonchev–Trinajstić information content (AvgIpc) is 1.86. The SMILES string of the molecule is BrC12[B]C(CCC1)CCC2. The fourth-order valence-electron chi connectivity index (χ4n) is 2.34. The summed E-state index contributed by atoms with van der Waals surface area (Å²) in [6, 6.07) is 0. The monoisotopic (exact) mass is 199 g/mol. The Morgan fingerprint density at radius 1 is 1.20 bits per heavy atom. The maximum Gasteiger partial charge on any atom is 0.136 e. The summed E-state index contributed by atoms with van der Waals surface area (Å²) in [4.78, 5) is 0. The summed E-state index contributed by atoms with van der Waals surface area (Å²) in [6.07, 6.45) is 8.53. The second-order valence-corrected chi connectivity index (χ2v) is 5.33. The molecule has 2 rings (SSSR count). The summed E-state index contributed by atoms with van der Waals surface area (Å²) in [5.41, 5.74) is 0. The number of hydrogen-bond acceptors (Lipinski definition) is 0. The van der Waals surface area contributed by atoms with E-state index in [2.05, 4.69) is 23.2 Å². The minimum Gasteiger partial charge on any atom is -0.0952 e. The maximum absolute atomic E-state index is 3.83. The fourth-order valence-corrected chi connectivity index (χ4v) is 3.28. The number of halogens is 1. The molecule has 0 nitrogen and oxygen atoms in total. The average molecular weight is 200 g/mol. The molecule has 2 heteroatoms. The second kappa shape index (κ2) is 2.55. The molecule has 2 bridgehead atoms. The standard InChI is InChI=1S/C8H13BBr/c10-8-5-1-3-7(9-8)4-2-6-8/h7H,1-6H2. The quantitative estimate of drug-likeness (QED) is 0.416. The molecule has 2 aliphatic heterocycles. The largest absolute Gasteiger partial charge is 0.136 e. The van der Waals surface area contributed by atoms with Crippen LogP contribution in [0.1, 0.15) is 38.5 Å². The molecule has 2 heterocycles. The molecule has 0 aromatic carbocycles. The minimum atomic E-state index is 0.466. The number of rotatable bonds is 0. The van der Waals surface area contributed by atoms with Gasteiger partial charge < -0.3 is 0 Å². The van der Waals surface area contributed by atoms with Crippen molar-refractivity contribution in [2.24, 2.45) is 0 Å². The van der Waals surface area contributed by atoms with Gasteiger partial charge in [0, 0.05) is 0 Å². The van der Waals surface area contributed by atoms with Crippen LogP contribution >= 0.6 is 15.9 Å². The van der Waals surface area contributed by atoms with Gasteiger partial charge in [-0.05, 0) is 17.1 Å². The lowest BCUT2D eigenvalue weighted by Crippen LogP contribution is -2.39. The Morgan fingerprint density at radius 3 is 2.20 bits per heavy atom. The van der Waals surface area contributed by atoms with Crippen molar-refractivity contribution in [2.45, 2.75) is 48.6 Å². The van der Waals surface area contributed by atoms with Crippen molar-refractivity contribution in [1.29, 1.82) is 0 Å². The Kier molecular flexibility index (Phi) is 1.84. The normalized spacial score (nSPS) is 46.3. The number of hydrogen-bond donors (Lipinski definition) is 0. The van der Waals surface area contributed by atoms with Gasteiger partial charge in [-0.25, -0.2) is 0 Å². The molecule has 0 aromatic heterocycles. The van der Waals surface area contributed by atoms with Gasteiger partial charge in [0.05, 0.1) is 0 Å². The number of alkyl halides is 1. The first-order valence-electron chi connectivity index (χ1n) is 4.33. The van der Waals surface area contributed by atoms with Crippen LogP contribution in [0.5, 0.6) is 0 Å². The lowest BCUT2D eigenvalue weighted by Gasteiger charge is -2.40. The van der Waals surface area contributed by atoms with Crippen molar-refractivity contribution >= 4 is 23.2 Å². The van der Waals surface area contributed by atoms with Gasteiger partial charge in [0.1, 0.15) is 7.28 Å². The molecule has 2 aliphatic rings. The van der Waals surface area contributed by atoms with E-state index in [9.17, 15) is 0 Å². The molecule has 1 radical (unpaired) electrons. The molecule has 2 saturated heterocycles. The van der Waals surface area contributed by atoms with Gasteiger partial charge in [0.2, 0.25) is 0 Å². The van der Waals surface area contributed by atoms with Gasteiger partial charge in [-0.2, -0.15) is 0 Å². The molecule has 0 saturated carbocycles. The molecule has 0 atom stereocenters. The molecule has 0 spiro atoms. The highest BCUT2D eigenvalue weighted by Gasteiger charge is 2.37. The molecular formula is C8H13BBr. The van der Waals surface area contributed by atoms with Crippen molar-refractivity contribution in [3.05, 3.63) is 0 Å². The van der Waals surface area contributed by atoms with E-state index in [4.69, 9.17) is 0 Å². The van der Waals surface area contributed by atoms with E-state index in [1.807, 2.05) is 0 Å². The Morgan fingerprint density at radius 2 is 1.80 bits per heavy atom. The van der Waals surface area contributed by atoms with Gasteiger partial charge >= 0.3 is 0 Å². The van der Waals surface area contributed by atoms with Crippen molar-refractivity contribution in [2.75, 3.05) is 0 Å². The molecule has 2 fully saturated rings. The zero-order chi connectivity index (χ0) is 7.03. The van der Waals surface area contributed by atoms with E-state index in [-0.39, 0.29) is 0 Å². The van der Waals surface area contributed by atoms with Gasteiger partial charge in [-0.1, -0.05) is 47.4 Å². The first kappa shape index (κ1) is 7.21. The summed E-state index contributed by atoms with van der Waals surface area (Å²) >= 11 is 3.83. The fraction of sp³-hybridized carbons (Fsp3) is 1.00. The Bertz CT molecular complexity index is 125. The van der Waals surface area contributed by atoms with E-state index >= 15 is 0 Å². The predicted molar refractivity (Wildman–Crippen MR) is 48.9 cm³/mol. The highest BCUT2D eigenvalue weighted by atomic mass is 79.9. The van der Waals surface area contributed by atoms with Gasteiger partial charge in [-0.3, -0.25) is 0 Å². The van der Waals surface area contributed by atoms with Crippen molar-refractivity contribution < 1.29 is 0 Å². The van der Waals surface area contributed by atoms with Crippen molar-refractivity contribution in [1.82, 2.24) is 0 Å². The Labute approximate surface area is 72.1 Å². The van der Waals surface area contributed by atoms with Crippen LogP contribution < -0.4 is 0 Å². The Balaban J connectivity index is 2.07. The van der Waals surface area contributed by atoms with Crippen LogP contribution in [0.2, 0.25) is 5.82 Å². The number of fused-ring (bicyclic) bond motifs is 2. The molecule has 0 aromatic rings. The molecule has 0 N–H and O–H groups in total. The molecule has 0 amide bonds. The van der Waals surface area contributed by atoms with E-state index in [0.717, 1.165) is 5.82 Å². The molecule has 0 unspecified atom stereocenters. The van der Waals surface area contributed by atoms with E-state index in [1.165, 1.54) is 38.5 Å². The Hall–Kier alpha value is 0.545. The van der Waals surface area contributed by atoms with Gasteiger partial charge in [0.25, 0.3) is 0 Å². The van der Waals surface area contributed by atoms with Crippen LogP contribution in [0.15, 0.2) is 0 Å².